The van der Waals surface area contributed by atoms with Crippen molar-refractivity contribution in [2.24, 2.45) is 0 Å². The van der Waals surface area contributed by atoms with Gasteiger partial charge in [0.2, 0.25) is 4.96 Å². The molecule has 118 valence electrons. The first-order chi connectivity index (χ1) is 11.6. The van der Waals surface area contributed by atoms with E-state index in [1.807, 2.05) is 12.1 Å². The first-order valence-corrected chi connectivity index (χ1v) is 8.46. The molecule has 1 aromatic carbocycles. The standard InChI is InChI=1S/C16H8Cl2N4OS/c17-10-1-2-11(12(18)8-10)14-20-16-22(21-14)15(23)13(24-16)7-9-3-5-19-6-4-9/h1-8H/b13-7-. The fourth-order valence-electron chi connectivity index (χ4n) is 2.23. The molecule has 0 aliphatic rings. The van der Waals surface area contributed by atoms with Crippen LogP contribution in [0.4, 0.5) is 0 Å². The average molecular weight is 375 g/mol. The maximum atomic E-state index is 12.5. The van der Waals surface area contributed by atoms with Crippen LogP contribution in [-0.4, -0.2) is 19.6 Å². The maximum absolute atomic E-state index is 12.5. The van der Waals surface area contributed by atoms with E-state index in [0.717, 1.165) is 5.56 Å². The topological polar surface area (TPSA) is 60.2 Å². The molecule has 8 heteroatoms. The normalized spacial score (nSPS) is 12.2. The monoisotopic (exact) mass is 374 g/mol. The van der Waals surface area contributed by atoms with Crippen LogP contribution < -0.4 is 10.1 Å². The Labute approximate surface area is 149 Å². The van der Waals surface area contributed by atoms with E-state index in [4.69, 9.17) is 23.2 Å². The molecule has 0 radical (unpaired) electrons. The van der Waals surface area contributed by atoms with E-state index >= 15 is 0 Å². The number of rotatable bonds is 2. The summed E-state index contributed by atoms with van der Waals surface area (Å²) >= 11 is 13.3. The van der Waals surface area contributed by atoms with Gasteiger partial charge in [0.15, 0.2) is 5.82 Å². The first-order valence-electron chi connectivity index (χ1n) is 6.88. The Morgan fingerprint density at radius 2 is 1.92 bits per heavy atom. The van der Waals surface area contributed by atoms with Crippen LogP contribution in [0, 0.1) is 0 Å². The Kier molecular flexibility index (Phi) is 3.80. The molecule has 0 aliphatic heterocycles. The minimum absolute atomic E-state index is 0.212. The quantitative estimate of drug-likeness (QED) is 0.540. The molecule has 3 heterocycles. The van der Waals surface area contributed by atoms with Gasteiger partial charge in [-0.3, -0.25) is 9.78 Å². The number of hydrogen-bond donors (Lipinski definition) is 0. The third-order valence-corrected chi connectivity index (χ3v) is 4.86. The molecule has 0 aliphatic carbocycles. The molecular weight excluding hydrogens is 367 g/mol. The number of halogens is 2. The zero-order valence-corrected chi connectivity index (χ0v) is 14.3. The van der Waals surface area contributed by atoms with Crippen molar-refractivity contribution in [2.75, 3.05) is 0 Å². The van der Waals surface area contributed by atoms with Gasteiger partial charge < -0.3 is 0 Å². The molecule has 0 spiro atoms. The van der Waals surface area contributed by atoms with E-state index in [-0.39, 0.29) is 5.56 Å². The molecule has 0 atom stereocenters. The van der Waals surface area contributed by atoms with E-state index < -0.39 is 0 Å². The van der Waals surface area contributed by atoms with E-state index in [2.05, 4.69) is 15.1 Å². The summed E-state index contributed by atoms with van der Waals surface area (Å²) in [6.07, 6.45) is 5.14. The largest absolute Gasteiger partial charge is 0.291 e. The van der Waals surface area contributed by atoms with Gasteiger partial charge in [-0.25, -0.2) is 0 Å². The Hall–Kier alpha value is -2.28. The Morgan fingerprint density at radius 3 is 2.62 bits per heavy atom. The number of hydrogen-bond acceptors (Lipinski definition) is 5. The van der Waals surface area contributed by atoms with Crippen molar-refractivity contribution in [2.45, 2.75) is 0 Å². The van der Waals surface area contributed by atoms with Crippen LogP contribution in [0.3, 0.4) is 0 Å². The molecule has 0 fully saturated rings. The van der Waals surface area contributed by atoms with Crippen LogP contribution in [0.1, 0.15) is 5.56 Å². The van der Waals surface area contributed by atoms with E-state index in [1.165, 1.54) is 15.9 Å². The Bertz CT molecular complexity index is 1150. The van der Waals surface area contributed by atoms with Crippen molar-refractivity contribution in [3.05, 3.63) is 73.2 Å². The third kappa shape index (κ3) is 2.69. The second-order valence-corrected chi connectivity index (χ2v) is 6.80. The van der Waals surface area contributed by atoms with Crippen molar-refractivity contribution in [3.8, 4) is 11.4 Å². The maximum Gasteiger partial charge on any atom is 0.291 e. The SMILES string of the molecule is O=c1/c(=C/c2ccncc2)sc2nc(-c3ccc(Cl)cc3Cl)nn12. The van der Waals surface area contributed by atoms with Gasteiger partial charge in [-0.15, -0.1) is 5.10 Å². The lowest BCUT2D eigenvalue weighted by atomic mass is 10.2. The molecular formula is C16H8Cl2N4OS. The molecule has 0 unspecified atom stereocenters. The van der Waals surface area contributed by atoms with E-state index in [0.29, 0.717) is 30.9 Å². The fraction of sp³-hybridized carbons (Fsp3) is 0. The zero-order valence-electron chi connectivity index (χ0n) is 12.0. The summed E-state index contributed by atoms with van der Waals surface area (Å²) in [4.78, 5) is 21.4. The number of pyridine rings is 1. The lowest BCUT2D eigenvalue weighted by Gasteiger charge is -1.98. The van der Waals surface area contributed by atoms with Crippen LogP contribution in [0.5, 0.6) is 0 Å². The summed E-state index contributed by atoms with van der Waals surface area (Å²) in [6, 6.07) is 8.72. The second-order valence-electron chi connectivity index (χ2n) is 4.95. The van der Waals surface area contributed by atoms with Gasteiger partial charge in [0, 0.05) is 23.0 Å². The van der Waals surface area contributed by atoms with Gasteiger partial charge in [0.1, 0.15) is 0 Å². The molecule has 4 aromatic rings. The van der Waals surface area contributed by atoms with Gasteiger partial charge in [-0.1, -0.05) is 34.5 Å². The summed E-state index contributed by atoms with van der Waals surface area (Å²) in [5.74, 6) is 0.399. The van der Waals surface area contributed by atoms with E-state index in [1.54, 1.807) is 36.7 Å². The highest BCUT2D eigenvalue weighted by Gasteiger charge is 2.14. The van der Waals surface area contributed by atoms with Gasteiger partial charge >= 0.3 is 0 Å². The van der Waals surface area contributed by atoms with Gasteiger partial charge in [-0.05, 0) is 42.0 Å². The van der Waals surface area contributed by atoms with Crippen molar-refractivity contribution >= 4 is 45.6 Å². The lowest BCUT2D eigenvalue weighted by Crippen LogP contribution is -2.23. The zero-order chi connectivity index (χ0) is 16.7. The highest BCUT2D eigenvalue weighted by Crippen LogP contribution is 2.28. The summed E-state index contributed by atoms with van der Waals surface area (Å²) < 4.78 is 1.85. The summed E-state index contributed by atoms with van der Waals surface area (Å²) in [6.45, 7) is 0. The van der Waals surface area contributed by atoms with Crippen molar-refractivity contribution < 1.29 is 0 Å². The fourth-order valence-corrected chi connectivity index (χ4v) is 3.63. The molecule has 0 bridgehead atoms. The molecule has 3 aromatic heterocycles. The highest BCUT2D eigenvalue weighted by molar-refractivity contribution is 7.15. The smallest absolute Gasteiger partial charge is 0.266 e. The number of thiazole rings is 1. The number of fused-ring (bicyclic) bond motifs is 1. The van der Waals surface area contributed by atoms with E-state index in [9.17, 15) is 4.79 Å². The summed E-state index contributed by atoms with van der Waals surface area (Å²) in [7, 11) is 0. The first kappa shape index (κ1) is 15.3. The predicted molar refractivity (Wildman–Crippen MR) is 95.6 cm³/mol. The predicted octanol–water partition coefficient (Wildman–Crippen LogP) is 3.07. The molecule has 0 saturated carbocycles. The average Bonchev–Trinajstić information content (AvgIpc) is 3.09. The summed E-state index contributed by atoms with van der Waals surface area (Å²) in [5, 5.41) is 5.25. The highest BCUT2D eigenvalue weighted by atomic mass is 35.5. The Morgan fingerprint density at radius 1 is 1.12 bits per heavy atom. The minimum Gasteiger partial charge on any atom is -0.266 e. The van der Waals surface area contributed by atoms with Crippen molar-refractivity contribution in [1.29, 1.82) is 0 Å². The number of aromatic nitrogens is 4. The van der Waals surface area contributed by atoms with Crippen molar-refractivity contribution in [3.63, 3.8) is 0 Å². The summed E-state index contributed by atoms with van der Waals surface area (Å²) in [5.41, 5.74) is 1.32. The minimum atomic E-state index is -0.212. The molecule has 24 heavy (non-hydrogen) atoms. The van der Waals surface area contributed by atoms with Crippen molar-refractivity contribution in [1.82, 2.24) is 19.6 Å². The molecule has 0 saturated heterocycles. The molecule has 0 amide bonds. The number of benzene rings is 1. The van der Waals surface area contributed by atoms with Crippen LogP contribution in [0.15, 0.2) is 47.5 Å². The van der Waals surface area contributed by atoms with Crippen LogP contribution in [-0.2, 0) is 0 Å². The number of nitrogens with zero attached hydrogens (tertiary/aromatic N) is 4. The third-order valence-electron chi connectivity index (χ3n) is 3.36. The van der Waals surface area contributed by atoms with Crippen LogP contribution >= 0.6 is 34.5 Å². The Balaban J connectivity index is 1.84. The molecule has 4 rings (SSSR count). The van der Waals surface area contributed by atoms with Crippen LogP contribution in [0.25, 0.3) is 22.4 Å². The molecule has 0 N–H and O–H groups in total. The van der Waals surface area contributed by atoms with Gasteiger partial charge in [0.05, 0.1) is 9.55 Å². The molecule has 5 nitrogen and oxygen atoms in total. The second kappa shape index (κ2) is 5.98. The van der Waals surface area contributed by atoms with Crippen LogP contribution in [0.2, 0.25) is 10.0 Å². The van der Waals surface area contributed by atoms with Gasteiger partial charge in [0.25, 0.3) is 5.56 Å². The lowest BCUT2D eigenvalue weighted by molar-refractivity contribution is 0.937. The van der Waals surface area contributed by atoms with Gasteiger partial charge in [-0.2, -0.15) is 9.50 Å².